The number of aryl methyl sites for hydroxylation is 1. The number of hydrogen-bond donors (Lipinski definition) is 3. The Bertz CT molecular complexity index is 1100. The minimum Gasteiger partial charge on any atom is -0.382 e. The minimum atomic E-state index is -1.12. The summed E-state index contributed by atoms with van der Waals surface area (Å²) in [5.74, 6) is -1.46. The number of benzene rings is 1. The zero-order valence-corrected chi connectivity index (χ0v) is 21.5. The van der Waals surface area contributed by atoms with Crippen LogP contribution in [0.25, 0.3) is 0 Å². The van der Waals surface area contributed by atoms with Gasteiger partial charge in [-0.25, -0.2) is 0 Å². The van der Waals surface area contributed by atoms with Gasteiger partial charge in [-0.1, -0.05) is 42.4 Å². The highest BCUT2D eigenvalue weighted by atomic mass is 16.5. The van der Waals surface area contributed by atoms with E-state index in [0.717, 1.165) is 18.4 Å². The lowest BCUT2D eigenvalue weighted by molar-refractivity contribution is -0.134. The van der Waals surface area contributed by atoms with Crippen LogP contribution < -0.4 is 16.0 Å². The quantitative estimate of drug-likeness (QED) is 0.338. The number of Topliss-reactive ketones (excluding diaryl/α,β-unsaturated/α-hetero) is 1. The Hall–Kier alpha value is -3.57. The summed E-state index contributed by atoms with van der Waals surface area (Å²) in [7, 11) is 2.77. The van der Waals surface area contributed by atoms with Gasteiger partial charge in [0.25, 0.3) is 5.91 Å². The van der Waals surface area contributed by atoms with Gasteiger partial charge in [0.1, 0.15) is 17.8 Å². The molecule has 1 heterocycles. The van der Waals surface area contributed by atoms with Gasteiger partial charge >= 0.3 is 0 Å². The lowest BCUT2D eigenvalue weighted by atomic mass is 9.92. The molecule has 2 aromatic rings. The molecule has 0 aliphatic heterocycles. The average Bonchev–Trinajstić information content (AvgIpc) is 3.48. The minimum absolute atomic E-state index is 0.00780. The first-order valence-corrected chi connectivity index (χ1v) is 12.1. The number of carbonyl (C=O) groups excluding carboxylic acids is 4. The Labute approximate surface area is 215 Å². The maximum absolute atomic E-state index is 13.2. The van der Waals surface area contributed by atoms with E-state index in [4.69, 9.17) is 14.0 Å². The first kappa shape index (κ1) is 28.0. The van der Waals surface area contributed by atoms with Gasteiger partial charge in [-0.15, -0.1) is 0 Å². The maximum atomic E-state index is 13.2. The third-order valence-corrected chi connectivity index (χ3v) is 6.29. The Morgan fingerprint density at radius 1 is 0.946 bits per heavy atom. The molecule has 200 valence electrons. The van der Waals surface area contributed by atoms with Crippen molar-refractivity contribution in [2.45, 2.75) is 51.2 Å². The lowest BCUT2D eigenvalue weighted by Gasteiger charge is -2.26. The summed E-state index contributed by atoms with van der Waals surface area (Å²) in [6, 6.07) is 7.85. The van der Waals surface area contributed by atoms with E-state index in [1.165, 1.54) is 20.3 Å². The standard InChI is InChI=1S/C26H34N4O7/c1-16-12-19(30-37-16)23(32)28-21(15-36-4)25(34)29-20(14-35-3)24(33)27-18(22(31)26(2)10-11-26)13-17-8-6-5-7-9-17/h5-9,12,18,20-21H,10-11,13-15H2,1-4H3,(H,27,33)(H,28,32)(H,29,34)/t18-,20-,21-/m0/s1. The predicted molar refractivity (Wildman–Crippen MR) is 133 cm³/mol. The van der Waals surface area contributed by atoms with E-state index in [1.54, 1.807) is 6.92 Å². The molecule has 1 aliphatic rings. The summed E-state index contributed by atoms with van der Waals surface area (Å²) in [5, 5.41) is 11.6. The molecule has 0 radical (unpaired) electrons. The second-order valence-electron chi connectivity index (χ2n) is 9.50. The SMILES string of the molecule is COC[C@H](NC(=O)c1cc(C)on1)C(=O)N[C@@H](COC)C(=O)N[C@@H](Cc1ccccc1)C(=O)C1(C)CC1. The van der Waals surface area contributed by atoms with Crippen LogP contribution in [0.3, 0.4) is 0 Å². The zero-order valence-electron chi connectivity index (χ0n) is 21.5. The fraction of sp³-hybridized carbons (Fsp3) is 0.500. The summed E-state index contributed by atoms with van der Waals surface area (Å²) in [5.41, 5.74) is 0.456. The van der Waals surface area contributed by atoms with Crippen LogP contribution in [0.4, 0.5) is 0 Å². The van der Waals surface area contributed by atoms with Crippen molar-refractivity contribution in [2.75, 3.05) is 27.4 Å². The van der Waals surface area contributed by atoms with E-state index in [1.807, 2.05) is 37.3 Å². The van der Waals surface area contributed by atoms with Crippen LogP contribution in [0, 0.1) is 12.3 Å². The van der Waals surface area contributed by atoms with Gasteiger partial charge < -0.3 is 29.9 Å². The number of aromatic nitrogens is 1. The second kappa shape index (κ2) is 12.6. The fourth-order valence-electron chi connectivity index (χ4n) is 3.86. The van der Waals surface area contributed by atoms with Gasteiger partial charge in [-0.05, 0) is 31.7 Å². The Morgan fingerprint density at radius 2 is 1.51 bits per heavy atom. The van der Waals surface area contributed by atoms with Gasteiger partial charge in [0, 0.05) is 25.7 Å². The van der Waals surface area contributed by atoms with Crippen LogP contribution in [0.15, 0.2) is 40.9 Å². The molecular weight excluding hydrogens is 480 g/mol. The monoisotopic (exact) mass is 514 g/mol. The first-order valence-electron chi connectivity index (χ1n) is 12.1. The highest BCUT2D eigenvalue weighted by Gasteiger charge is 2.48. The molecule has 37 heavy (non-hydrogen) atoms. The third-order valence-electron chi connectivity index (χ3n) is 6.29. The number of amides is 3. The van der Waals surface area contributed by atoms with Gasteiger partial charge in [0.2, 0.25) is 11.8 Å². The molecule has 3 N–H and O–H groups in total. The van der Waals surface area contributed by atoms with E-state index in [2.05, 4.69) is 21.1 Å². The molecule has 0 bridgehead atoms. The highest BCUT2D eigenvalue weighted by Crippen LogP contribution is 2.46. The van der Waals surface area contributed by atoms with Gasteiger partial charge in [-0.3, -0.25) is 19.2 Å². The maximum Gasteiger partial charge on any atom is 0.274 e. The summed E-state index contributed by atoms with van der Waals surface area (Å²) < 4.78 is 15.1. The molecule has 1 aliphatic carbocycles. The smallest absolute Gasteiger partial charge is 0.274 e. The Morgan fingerprint density at radius 3 is 2.03 bits per heavy atom. The molecular formula is C26H34N4O7. The van der Waals surface area contributed by atoms with Gasteiger partial charge in [0.15, 0.2) is 11.5 Å². The number of hydrogen-bond acceptors (Lipinski definition) is 8. The van der Waals surface area contributed by atoms with E-state index in [9.17, 15) is 19.2 Å². The Kier molecular flexibility index (Phi) is 9.54. The third kappa shape index (κ3) is 7.70. The molecule has 3 amide bonds. The van der Waals surface area contributed by atoms with Crippen LogP contribution in [0.5, 0.6) is 0 Å². The van der Waals surface area contributed by atoms with Crippen molar-refractivity contribution in [1.29, 1.82) is 0 Å². The van der Waals surface area contributed by atoms with Gasteiger partial charge in [0.05, 0.1) is 19.3 Å². The van der Waals surface area contributed by atoms with Crippen molar-refractivity contribution < 1.29 is 33.2 Å². The molecule has 1 fully saturated rings. The van der Waals surface area contributed by atoms with Crippen LogP contribution in [0.1, 0.15) is 41.6 Å². The van der Waals surface area contributed by atoms with E-state index < -0.39 is 41.3 Å². The van der Waals surface area contributed by atoms with Crippen molar-refractivity contribution in [2.24, 2.45) is 5.41 Å². The summed E-state index contributed by atoms with van der Waals surface area (Å²) in [6.07, 6.45) is 1.87. The molecule has 0 unspecified atom stereocenters. The fourth-order valence-corrected chi connectivity index (χ4v) is 3.86. The number of methoxy groups -OCH3 is 2. The molecule has 1 aromatic carbocycles. The average molecular weight is 515 g/mol. The number of ether oxygens (including phenoxy) is 2. The first-order chi connectivity index (χ1) is 17.7. The molecule has 3 rings (SSSR count). The summed E-state index contributed by atoms with van der Waals surface area (Å²) >= 11 is 0. The highest BCUT2D eigenvalue weighted by molar-refractivity contribution is 5.99. The summed E-state index contributed by atoms with van der Waals surface area (Å²) in [6.45, 7) is 3.24. The largest absolute Gasteiger partial charge is 0.382 e. The van der Waals surface area contributed by atoms with Crippen LogP contribution in [0.2, 0.25) is 0 Å². The number of nitrogens with one attached hydrogen (secondary N) is 3. The number of rotatable bonds is 14. The summed E-state index contributed by atoms with van der Waals surface area (Å²) in [4.78, 5) is 52.0. The van der Waals surface area contributed by atoms with E-state index in [0.29, 0.717) is 12.2 Å². The van der Waals surface area contributed by atoms with Crippen LogP contribution in [-0.4, -0.2) is 74.2 Å². The molecule has 3 atom stereocenters. The van der Waals surface area contributed by atoms with Crippen molar-refractivity contribution in [3.05, 3.63) is 53.4 Å². The lowest BCUT2D eigenvalue weighted by Crippen LogP contribution is -2.58. The number of carbonyl (C=O) groups is 4. The molecule has 11 nitrogen and oxygen atoms in total. The van der Waals surface area contributed by atoms with Gasteiger partial charge in [-0.2, -0.15) is 0 Å². The van der Waals surface area contributed by atoms with Crippen molar-refractivity contribution in [1.82, 2.24) is 21.1 Å². The number of nitrogens with zero attached hydrogens (tertiary/aromatic N) is 1. The molecule has 11 heteroatoms. The molecule has 0 saturated heterocycles. The molecule has 1 aromatic heterocycles. The van der Waals surface area contributed by atoms with E-state index >= 15 is 0 Å². The predicted octanol–water partition coefficient (Wildman–Crippen LogP) is 0.956. The Balaban J connectivity index is 1.70. The van der Waals surface area contributed by atoms with Crippen molar-refractivity contribution in [3.8, 4) is 0 Å². The normalized spacial score (nSPS) is 16.2. The van der Waals surface area contributed by atoms with E-state index in [-0.39, 0.29) is 24.7 Å². The topological polar surface area (TPSA) is 149 Å². The number of ketones is 1. The molecule has 1 saturated carbocycles. The van der Waals surface area contributed by atoms with Crippen molar-refractivity contribution in [3.63, 3.8) is 0 Å². The van der Waals surface area contributed by atoms with Crippen LogP contribution in [-0.2, 0) is 30.3 Å². The molecule has 0 spiro atoms. The zero-order chi connectivity index (χ0) is 27.0. The van der Waals surface area contributed by atoms with Crippen LogP contribution >= 0.6 is 0 Å². The van der Waals surface area contributed by atoms with Crippen molar-refractivity contribution >= 4 is 23.5 Å². The second-order valence-corrected chi connectivity index (χ2v) is 9.50.